The summed E-state index contributed by atoms with van der Waals surface area (Å²) in [5.41, 5.74) is 1.47. The van der Waals surface area contributed by atoms with Crippen LogP contribution in [0.2, 0.25) is 0 Å². The Morgan fingerprint density at radius 3 is 1.76 bits per heavy atom. The van der Waals surface area contributed by atoms with Gasteiger partial charge in [-0.25, -0.2) is 0 Å². The molecule has 3 heteroatoms. The molecule has 0 amide bonds. The summed E-state index contributed by atoms with van der Waals surface area (Å²) in [4.78, 5) is 0. The van der Waals surface area contributed by atoms with Gasteiger partial charge in [-0.3, -0.25) is 0 Å². The molecule has 0 atom stereocenters. The van der Waals surface area contributed by atoms with Crippen LogP contribution in [0.4, 0.5) is 0 Å². The van der Waals surface area contributed by atoms with E-state index in [2.05, 4.69) is 45.9 Å². The van der Waals surface area contributed by atoms with Crippen molar-refractivity contribution in [1.82, 2.24) is 0 Å². The van der Waals surface area contributed by atoms with Crippen molar-refractivity contribution in [3.63, 3.8) is 0 Å². The summed E-state index contributed by atoms with van der Waals surface area (Å²) in [6, 6.07) is 10.8. The first-order valence-corrected chi connectivity index (χ1v) is 8.88. The zero-order valence-electron chi connectivity index (χ0n) is 13.5. The van der Waals surface area contributed by atoms with Gasteiger partial charge in [-0.15, -0.1) is 0 Å². The molecule has 0 heterocycles. The third-order valence-corrected chi connectivity index (χ3v) is 4.12. The first kappa shape index (κ1) is 22.0. The molecule has 0 aromatic heterocycles. The van der Waals surface area contributed by atoms with Crippen LogP contribution in [0.1, 0.15) is 69.8 Å². The molecule has 1 nitrogen and oxygen atoms in total. The van der Waals surface area contributed by atoms with E-state index in [9.17, 15) is 5.11 Å². The fourth-order valence-corrected chi connectivity index (χ4v) is 2.78. The molecule has 1 rings (SSSR count). The van der Waals surface area contributed by atoms with Gasteiger partial charge in [0.1, 0.15) is 0 Å². The fraction of sp³-hybridized carbons (Fsp3) is 0.611. The van der Waals surface area contributed by atoms with Gasteiger partial charge in [-0.2, -0.15) is 0 Å². The first-order valence-electron chi connectivity index (χ1n) is 8.03. The van der Waals surface area contributed by atoms with Crippen LogP contribution in [0.25, 0.3) is 0 Å². The number of hydrogen-bond donors (Lipinski definition) is 0. The van der Waals surface area contributed by atoms with Gasteiger partial charge in [0.25, 0.3) is 0 Å². The average molecular weight is 377 g/mol. The Morgan fingerprint density at radius 2 is 1.24 bits per heavy atom. The van der Waals surface area contributed by atoms with Crippen LogP contribution in [0.5, 0.6) is 0 Å². The molecular weight excluding hydrogens is 350 g/mol. The van der Waals surface area contributed by atoms with Gasteiger partial charge in [0.2, 0.25) is 0 Å². The third kappa shape index (κ3) is 14.4. The van der Waals surface area contributed by atoms with Gasteiger partial charge < -0.3 is 0 Å². The molecule has 0 fully saturated rings. The van der Waals surface area contributed by atoms with Crippen LogP contribution < -0.4 is 56.5 Å². The molecule has 0 N–H and O–H groups in total. The summed E-state index contributed by atoms with van der Waals surface area (Å²) >= 11 is 2.54. The number of hydrogen-bond acceptors (Lipinski definition) is 1. The number of unbranched alkanes of at least 4 members (excludes halogenated alkanes) is 8. The molecule has 0 aliphatic carbocycles. The standard InChI is InChI=1S/C18H28OSe.K/c19-18(20)16-12-7-5-3-1-2-4-6-9-13-17-14-10-8-11-15-17;/h8,10-11,14-15H,1-7,9,12-13,16H2,(H,19,20);/q;+1/p-1. The third-order valence-electron chi connectivity index (χ3n) is 3.69. The predicted octanol–water partition coefficient (Wildman–Crippen LogP) is 0.793. The Bertz CT molecular complexity index is 353. The molecule has 112 valence electrons. The van der Waals surface area contributed by atoms with Crippen LogP contribution in [0.15, 0.2) is 30.3 Å². The van der Waals surface area contributed by atoms with Crippen molar-refractivity contribution in [1.29, 1.82) is 0 Å². The summed E-state index contributed by atoms with van der Waals surface area (Å²) in [6.07, 6.45) is 13.6. The molecule has 0 radical (unpaired) electrons. The number of benzene rings is 1. The van der Waals surface area contributed by atoms with E-state index >= 15 is 0 Å². The maximum absolute atomic E-state index is 10.7. The molecule has 0 unspecified atom stereocenters. The molecule has 0 saturated heterocycles. The summed E-state index contributed by atoms with van der Waals surface area (Å²) in [5, 5.41) is 10.7. The van der Waals surface area contributed by atoms with Gasteiger partial charge >= 0.3 is 147 Å². The van der Waals surface area contributed by atoms with Crippen LogP contribution in [-0.4, -0.2) is 20.2 Å². The Labute approximate surface area is 181 Å². The minimum Gasteiger partial charge on any atom is -0.0622 e. The van der Waals surface area contributed by atoms with E-state index in [1.165, 1.54) is 63.4 Å². The normalized spacial score (nSPS) is 10.1. The molecule has 0 aliphatic rings. The zero-order valence-corrected chi connectivity index (χ0v) is 18.3. The van der Waals surface area contributed by atoms with Crippen LogP contribution >= 0.6 is 0 Å². The summed E-state index contributed by atoms with van der Waals surface area (Å²) in [7, 11) is 0. The summed E-state index contributed by atoms with van der Waals surface area (Å²) in [6.45, 7) is 0. The summed E-state index contributed by atoms with van der Waals surface area (Å²) < 4.78 is 0.211. The SMILES string of the molecule is [K+].[O-]C(=[Se])CCCCCCCCCCCc1ccccc1. The van der Waals surface area contributed by atoms with E-state index in [0.717, 1.165) is 12.8 Å². The topological polar surface area (TPSA) is 23.1 Å². The van der Waals surface area contributed by atoms with Crippen molar-refractivity contribution in [3.8, 4) is 0 Å². The van der Waals surface area contributed by atoms with Gasteiger partial charge in [0.05, 0.1) is 0 Å². The molecule has 1 aromatic carbocycles. The Hall–Kier alpha value is 1.05. The maximum atomic E-state index is 10.7. The Kier molecular flexibility index (Phi) is 16.7. The molecular formula is C18H27KOSe. The predicted molar refractivity (Wildman–Crippen MR) is 87.1 cm³/mol. The van der Waals surface area contributed by atoms with E-state index in [4.69, 9.17) is 0 Å². The molecule has 0 spiro atoms. The molecule has 21 heavy (non-hydrogen) atoms. The van der Waals surface area contributed by atoms with Crippen molar-refractivity contribution >= 4 is 20.2 Å². The number of aryl methyl sites for hydroxylation is 1. The Morgan fingerprint density at radius 1 is 0.762 bits per heavy atom. The second kappa shape index (κ2) is 15.9. The van der Waals surface area contributed by atoms with Gasteiger partial charge in [0.15, 0.2) is 0 Å². The molecule has 0 saturated carbocycles. The first-order chi connectivity index (χ1) is 9.79. The van der Waals surface area contributed by atoms with Gasteiger partial charge in [-0.05, 0) is 5.56 Å². The smallest absolute Gasteiger partial charge is 0.0622 e. The van der Waals surface area contributed by atoms with Gasteiger partial charge in [0, 0.05) is 0 Å². The summed E-state index contributed by atoms with van der Waals surface area (Å²) in [5.74, 6) is 0. The average Bonchev–Trinajstić information content (AvgIpc) is 2.45. The van der Waals surface area contributed by atoms with Crippen molar-refractivity contribution < 1.29 is 56.5 Å². The van der Waals surface area contributed by atoms with E-state index in [1.807, 2.05) is 0 Å². The zero-order chi connectivity index (χ0) is 14.5. The van der Waals surface area contributed by atoms with E-state index in [0.29, 0.717) is 0 Å². The van der Waals surface area contributed by atoms with Crippen molar-refractivity contribution in [3.05, 3.63) is 35.9 Å². The van der Waals surface area contributed by atoms with Crippen LogP contribution in [0.3, 0.4) is 0 Å². The minimum absolute atomic E-state index is 0. The quantitative estimate of drug-likeness (QED) is 0.390. The van der Waals surface area contributed by atoms with Crippen LogP contribution in [-0.2, 0) is 6.42 Å². The molecule has 1 aromatic rings. The second-order valence-corrected chi connectivity index (χ2v) is 6.49. The monoisotopic (exact) mass is 378 g/mol. The second-order valence-electron chi connectivity index (χ2n) is 5.54. The van der Waals surface area contributed by atoms with Crippen molar-refractivity contribution in [2.45, 2.75) is 70.6 Å². The van der Waals surface area contributed by atoms with Gasteiger partial charge in [-0.1, -0.05) is 30.3 Å². The molecule has 0 aliphatic heterocycles. The van der Waals surface area contributed by atoms with E-state index < -0.39 is 0 Å². The van der Waals surface area contributed by atoms with E-state index in [-0.39, 0.29) is 56.0 Å². The van der Waals surface area contributed by atoms with Crippen LogP contribution in [0, 0.1) is 0 Å². The molecule has 0 bridgehead atoms. The fourth-order valence-electron chi connectivity index (χ4n) is 2.48. The van der Waals surface area contributed by atoms with Crippen molar-refractivity contribution in [2.75, 3.05) is 0 Å². The van der Waals surface area contributed by atoms with Crippen molar-refractivity contribution in [2.24, 2.45) is 0 Å². The van der Waals surface area contributed by atoms with E-state index in [1.54, 1.807) is 0 Å². The Balaban J connectivity index is 0.00000400. The number of rotatable bonds is 12. The minimum atomic E-state index is 0.